The number of carboxylic acid groups (broad SMARTS) is 1. The molecule has 1 amide bonds. The van der Waals surface area contributed by atoms with Gasteiger partial charge in [-0.15, -0.1) is 0 Å². The first-order valence-corrected chi connectivity index (χ1v) is 10.9. The van der Waals surface area contributed by atoms with Crippen LogP contribution in [0.4, 0.5) is 4.79 Å². The molecule has 0 radical (unpaired) electrons. The lowest BCUT2D eigenvalue weighted by Crippen LogP contribution is -2.47. The number of H-pyrrole nitrogens is 1. The number of nitrogens with one attached hydrogen (secondary N) is 1. The van der Waals surface area contributed by atoms with E-state index in [9.17, 15) is 14.7 Å². The van der Waals surface area contributed by atoms with Gasteiger partial charge >= 0.3 is 6.09 Å². The number of aromatic amines is 1. The van der Waals surface area contributed by atoms with Crippen LogP contribution in [0.25, 0.3) is 17.0 Å². The van der Waals surface area contributed by atoms with Crippen molar-refractivity contribution in [1.29, 1.82) is 0 Å². The third-order valence-corrected chi connectivity index (χ3v) is 6.19. The fourth-order valence-electron chi connectivity index (χ4n) is 4.40. The molecular formula is C24H24N4O6. The topological polar surface area (TPSA) is 117 Å². The molecule has 0 atom stereocenters. The second-order valence-corrected chi connectivity index (χ2v) is 8.11. The summed E-state index contributed by atoms with van der Waals surface area (Å²) in [5.41, 5.74) is 2.55. The van der Waals surface area contributed by atoms with Crippen molar-refractivity contribution in [3.8, 4) is 17.2 Å². The number of ether oxygens (including phenoxy) is 3. The number of rotatable bonds is 5. The number of amides is 1. The highest BCUT2D eigenvalue weighted by atomic mass is 16.5. The smallest absolute Gasteiger partial charge is 0.407 e. The van der Waals surface area contributed by atoms with Crippen LogP contribution in [0.15, 0.2) is 36.1 Å². The van der Waals surface area contributed by atoms with E-state index < -0.39 is 6.09 Å². The number of carbonyl (C=O) groups is 2. The van der Waals surface area contributed by atoms with Crippen LogP contribution < -0.4 is 14.2 Å². The Hall–Kier alpha value is -4.05. The van der Waals surface area contributed by atoms with E-state index >= 15 is 0 Å². The molecule has 0 unspecified atom stereocenters. The second kappa shape index (κ2) is 8.71. The number of methoxy groups -OCH3 is 2. The van der Waals surface area contributed by atoms with Gasteiger partial charge in [-0.2, -0.15) is 5.10 Å². The van der Waals surface area contributed by atoms with Crippen LogP contribution in [0.5, 0.6) is 17.2 Å². The number of ketones is 1. The lowest BCUT2D eigenvalue weighted by Gasteiger charge is -2.33. The maximum Gasteiger partial charge on any atom is 0.407 e. The van der Waals surface area contributed by atoms with Crippen LogP contribution in [0.2, 0.25) is 0 Å². The summed E-state index contributed by atoms with van der Waals surface area (Å²) in [5.74, 6) is 1.25. The van der Waals surface area contributed by atoms with Crippen LogP contribution in [-0.4, -0.2) is 77.4 Å². The first-order valence-electron chi connectivity index (χ1n) is 10.9. The zero-order valence-electron chi connectivity index (χ0n) is 18.8. The molecule has 10 heteroatoms. The summed E-state index contributed by atoms with van der Waals surface area (Å²) in [6, 6.07) is 9.28. The number of Topliss-reactive ketones (excluding diaryl/α,β-unsaturated/α-hetero) is 1. The number of piperazine rings is 1. The van der Waals surface area contributed by atoms with E-state index in [1.807, 2.05) is 24.3 Å². The van der Waals surface area contributed by atoms with Gasteiger partial charge in [0.25, 0.3) is 0 Å². The standard InChI is InChI=1S/C24H24N4O6/c1-32-20-11-15-21(29)19(12-18-14-5-3-4-6-17(14)25-26-18)34-22(15)16(23(20)33-2)13-27-7-9-28(10-8-27)24(30)31/h3-6,11-12H,7-10,13H2,1-2H3,(H,25,26)(H,30,31). The van der Waals surface area contributed by atoms with E-state index in [4.69, 9.17) is 14.2 Å². The molecule has 5 rings (SSSR count). The Morgan fingerprint density at radius 3 is 2.68 bits per heavy atom. The molecule has 10 nitrogen and oxygen atoms in total. The lowest BCUT2D eigenvalue weighted by molar-refractivity contribution is 0.101. The van der Waals surface area contributed by atoms with Gasteiger partial charge in [0.2, 0.25) is 5.78 Å². The molecule has 1 fully saturated rings. The van der Waals surface area contributed by atoms with E-state index in [2.05, 4.69) is 15.1 Å². The fourth-order valence-corrected chi connectivity index (χ4v) is 4.40. The number of hydrogen-bond donors (Lipinski definition) is 2. The summed E-state index contributed by atoms with van der Waals surface area (Å²) < 4.78 is 17.3. The number of allylic oxidation sites excluding steroid dienone is 1. The predicted molar refractivity (Wildman–Crippen MR) is 123 cm³/mol. The molecule has 3 heterocycles. The molecule has 34 heavy (non-hydrogen) atoms. The minimum absolute atomic E-state index is 0.166. The van der Waals surface area contributed by atoms with E-state index in [0.717, 1.165) is 10.9 Å². The Kier molecular flexibility index (Phi) is 5.58. The Bertz CT molecular complexity index is 1310. The van der Waals surface area contributed by atoms with Crippen molar-refractivity contribution >= 4 is 28.9 Å². The van der Waals surface area contributed by atoms with Gasteiger partial charge in [-0.05, 0) is 12.1 Å². The Morgan fingerprint density at radius 2 is 1.97 bits per heavy atom. The molecule has 0 spiro atoms. The van der Waals surface area contributed by atoms with Crippen molar-refractivity contribution in [2.45, 2.75) is 6.54 Å². The first-order chi connectivity index (χ1) is 16.5. The SMILES string of the molecule is COc1cc2c(c(CN3CCN(C(=O)O)CC3)c1OC)OC(=Cc1n[nH]c3ccccc13)C2=O. The van der Waals surface area contributed by atoms with Gasteiger partial charge < -0.3 is 24.2 Å². The molecule has 176 valence electrons. The van der Waals surface area contributed by atoms with Gasteiger partial charge in [-0.25, -0.2) is 4.79 Å². The lowest BCUT2D eigenvalue weighted by atomic mass is 10.0. The first kappa shape index (κ1) is 21.8. The summed E-state index contributed by atoms with van der Waals surface area (Å²) >= 11 is 0. The maximum atomic E-state index is 13.3. The minimum Gasteiger partial charge on any atom is -0.493 e. The van der Waals surface area contributed by atoms with Crippen molar-refractivity contribution in [3.05, 3.63) is 52.9 Å². The molecule has 0 aliphatic carbocycles. The Balaban J connectivity index is 1.50. The molecular weight excluding hydrogens is 440 g/mol. The summed E-state index contributed by atoms with van der Waals surface area (Å²) in [6.45, 7) is 2.33. The van der Waals surface area contributed by atoms with Gasteiger partial charge in [-0.1, -0.05) is 18.2 Å². The van der Waals surface area contributed by atoms with Crippen molar-refractivity contribution in [2.75, 3.05) is 40.4 Å². The number of nitrogens with zero attached hydrogens (tertiary/aromatic N) is 3. The number of hydrogen-bond acceptors (Lipinski definition) is 7. The molecule has 2 aliphatic heterocycles. The van der Waals surface area contributed by atoms with E-state index in [1.165, 1.54) is 12.0 Å². The monoisotopic (exact) mass is 464 g/mol. The molecule has 0 bridgehead atoms. The normalized spacial score (nSPS) is 17.2. The molecule has 1 aromatic heterocycles. The largest absolute Gasteiger partial charge is 0.493 e. The second-order valence-electron chi connectivity index (χ2n) is 8.11. The van der Waals surface area contributed by atoms with E-state index in [1.54, 1.807) is 19.3 Å². The third-order valence-electron chi connectivity index (χ3n) is 6.19. The summed E-state index contributed by atoms with van der Waals surface area (Å²) in [5, 5.41) is 17.4. The van der Waals surface area contributed by atoms with Gasteiger partial charge in [0, 0.05) is 44.2 Å². The van der Waals surface area contributed by atoms with Gasteiger partial charge in [0.1, 0.15) is 5.75 Å². The highest BCUT2D eigenvalue weighted by Gasteiger charge is 2.35. The van der Waals surface area contributed by atoms with Crippen LogP contribution in [0.1, 0.15) is 21.6 Å². The molecule has 3 aromatic rings. The minimum atomic E-state index is -0.922. The quantitative estimate of drug-likeness (QED) is 0.554. The average Bonchev–Trinajstić information content (AvgIpc) is 3.40. The Morgan fingerprint density at radius 1 is 1.21 bits per heavy atom. The molecule has 1 saturated heterocycles. The van der Waals surface area contributed by atoms with E-state index in [0.29, 0.717) is 66.8 Å². The predicted octanol–water partition coefficient (Wildman–Crippen LogP) is 2.99. The fraction of sp³-hybridized carbons (Fsp3) is 0.292. The van der Waals surface area contributed by atoms with Crippen molar-refractivity contribution < 1.29 is 28.9 Å². The van der Waals surface area contributed by atoms with Gasteiger partial charge in [-0.3, -0.25) is 14.8 Å². The Labute approximate surface area is 195 Å². The van der Waals surface area contributed by atoms with E-state index in [-0.39, 0.29) is 11.5 Å². The van der Waals surface area contributed by atoms with Crippen LogP contribution >= 0.6 is 0 Å². The van der Waals surface area contributed by atoms with Gasteiger partial charge in [0.15, 0.2) is 17.3 Å². The summed E-state index contributed by atoms with van der Waals surface area (Å²) in [6.07, 6.45) is 0.712. The number of aromatic nitrogens is 2. The van der Waals surface area contributed by atoms with Crippen molar-refractivity contribution in [3.63, 3.8) is 0 Å². The maximum absolute atomic E-state index is 13.3. The number of fused-ring (bicyclic) bond motifs is 2. The average molecular weight is 464 g/mol. The number of carbonyl (C=O) groups excluding carboxylic acids is 1. The molecule has 0 saturated carbocycles. The highest BCUT2D eigenvalue weighted by Crippen LogP contribution is 2.46. The van der Waals surface area contributed by atoms with Crippen LogP contribution in [0, 0.1) is 0 Å². The zero-order chi connectivity index (χ0) is 23.8. The zero-order valence-corrected chi connectivity index (χ0v) is 18.8. The molecule has 2 aliphatic rings. The highest BCUT2D eigenvalue weighted by molar-refractivity contribution is 6.15. The summed E-state index contributed by atoms with van der Waals surface area (Å²) in [7, 11) is 3.06. The van der Waals surface area contributed by atoms with Crippen molar-refractivity contribution in [2.24, 2.45) is 0 Å². The van der Waals surface area contributed by atoms with Crippen LogP contribution in [0.3, 0.4) is 0 Å². The number of benzene rings is 2. The van der Waals surface area contributed by atoms with Crippen LogP contribution in [-0.2, 0) is 6.54 Å². The van der Waals surface area contributed by atoms with Gasteiger partial charge in [0.05, 0.1) is 36.6 Å². The molecule has 2 N–H and O–H groups in total. The molecule has 2 aromatic carbocycles. The number of para-hydroxylation sites is 1. The third kappa shape index (κ3) is 3.71. The van der Waals surface area contributed by atoms with Crippen molar-refractivity contribution in [1.82, 2.24) is 20.0 Å². The summed E-state index contributed by atoms with van der Waals surface area (Å²) in [4.78, 5) is 28.0.